The van der Waals surface area contributed by atoms with Crippen molar-refractivity contribution >= 4 is 28.5 Å². The number of ether oxygens (including phenoxy) is 1. The Labute approximate surface area is 199 Å². The molecule has 0 atom stereocenters. The van der Waals surface area contributed by atoms with E-state index < -0.39 is 23.3 Å². The third-order valence-corrected chi connectivity index (χ3v) is 5.72. The number of benzene rings is 2. The number of carbonyl (C=O) groups is 2. The molecule has 0 bridgehead atoms. The number of nitrogens with one attached hydrogen (secondary N) is 1. The molecule has 10 heteroatoms. The van der Waals surface area contributed by atoms with Gasteiger partial charge in [0.1, 0.15) is 17.9 Å². The summed E-state index contributed by atoms with van der Waals surface area (Å²) in [7, 11) is 0. The minimum atomic E-state index is -0.473. The zero-order valence-electron chi connectivity index (χ0n) is 18.9. The molecule has 0 saturated heterocycles. The normalized spacial score (nSPS) is 13.1. The van der Waals surface area contributed by atoms with E-state index in [1.54, 1.807) is 37.4 Å². The summed E-state index contributed by atoms with van der Waals surface area (Å²) in [6, 6.07) is 11.9. The highest BCUT2D eigenvalue weighted by molar-refractivity contribution is 5.93. The van der Waals surface area contributed by atoms with Crippen molar-refractivity contribution in [2.24, 2.45) is 0 Å². The van der Waals surface area contributed by atoms with Gasteiger partial charge in [-0.2, -0.15) is 10.2 Å². The maximum atomic E-state index is 13.4. The molecule has 1 aliphatic rings. The van der Waals surface area contributed by atoms with Gasteiger partial charge in [-0.15, -0.1) is 0 Å². The molecular formula is C25H22FN5O4. The second kappa shape index (κ2) is 9.13. The highest BCUT2D eigenvalue weighted by atomic mass is 19.1. The minimum Gasteiger partial charge on any atom is -0.462 e. The van der Waals surface area contributed by atoms with E-state index in [9.17, 15) is 18.8 Å². The highest BCUT2D eigenvalue weighted by Crippen LogP contribution is 2.41. The summed E-state index contributed by atoms with van der Waals surface area (Å²) in [5, 5.41) is 12.2. The molecule has 0 radical (unpaired) electrons. The molecule has 2 aromatic carbocycles. The third-order valence-electron chi connectivity index (χ3n) is 5.72. The number of aromatic nitrogens is 4. The lowest BCUT2D eigenvalue weighted by atomic mass is 10.2. The van der Waals surface area contributed by atoms with Gasteiger partial charge in [0.05, 0.1) is 29.7 Å². The topological polar surface area (TPSA) is 108 Å². The number of rotatable bonds is 7. The van der Waals surface area contributed by atoms with Crippen molar-refractivity contribution in [3.63, 3.8) is 0 Å². The Bertz CT molecular complexity index is 1470. The second-order valence-corrected chi connectivity index (χ2v) is 8.26. The molecule has 178 valence electrons. The van der Waals surface area contributed by atoms with Gasteiger partial charge in [-0.3, -0.25) is 9.59 Å². The van der Waals surface area contributed by atoms with Crippen LogP contribution in [0, 0.1) is 5.82 Å². The lowest BCUT2D eigenvalue weighted by molar-refractivity contribution is -0.117. The number of fused-ring (bicyclic) bond motifs is 1. The van der Waals surface area contributed by atoms with Gasteiger partial charge >= 0.3 is 5.97 Å². The Morgan fingerprint density at radius 3 is 2.49 bits per heavy atom. The van der Waals surface area contributed by atoms with Gasteiger partial charge < -0.3 is 10.1 Å². The fourth-order valence-electron chi connectivity index (χ4n) is 3.88. The van der Waals surface area contributed by atoms with E-state index in [1.165, 1.54) is 28.9 Å². The van der Waals surface area contributed by atoms with Crippen molar-refractivity contribution in [2.75, 3.05) is 11.9 Å². The van der Waals surface area contributed by atoms with Crippen LogP contribution >= 0.6 is 0 Å². The molecule has 2 heterocycles. The van der Waals surface area contributed by atoms with Crippen molar-refractivity contribution < 1.29 is 18.7 Å². The SMILES string of the molecule is CCOC(=O)c1ccc(NC(=O)Cn2nc(C3CC3)c3cnn(-c4ccc(F)cc4)c3c2=O)cc1. The first-order valence-electron chi connectivity index (χ1n) is 11.3. The fraction of sp³-hybridized carbons (Fsp3) is 0.240. The largest absolute Gasteiger partial charge is 0.462 e. The average molecular weight is 475 g/mol. The number of amides is 1. The number of anilines is 1. The van der Waals surface area contributed by atoms with Crippen molar-refractivity contribution in [1.29, 1.82) is 0 Å². The Balaban J connectivity index is 1.44. The van der Waals surface area contributed by atoms with E-state index in [-0.39, 0.29) is 19.1 Å². The van der Waals surface area contributed by atoms with E-state index in [0.717, 1.165) is 23.2 Å². The molecule has 4 aromatic rings. The zero-order valence-corrected chi connectivity index (χ0v) is 18.9. The molecule has 5 rings (SSSR count). The predicted octanol–water partition coefficient (Wildman–Crippen LogP) is 3.41. The summed E-state index contributed by atoms with van der Waals surface area (Å²) in [6.07, 6.45) is 3.48. The van der Waals surface area contributed by atoms with E-state index in [0.29, 0.717) is 27.8 Å². The molecule has 0 aliphatic heterocycles. The van der Waals surface area contributed by atoms with Crippen LogP contribution in [0.1, 0.15) is 41.7 Å². The molecule has 0 unspecified atom stereocenters. The Hall–Kier alpha value is -4.34. The van der Waals surface area contributed by atoms with E-state index in [4.69, 9.17) is 4.74 Å². The van der Waals surface area contributed by atoms with Crippen LogP contribution in [0.4, 0.5) is 10.1 Å². The van der Waals surface area contributed by atoms with Crippen LogP contribution in [0.3, 0.4) is 0 Å². The molecule has 1 amide bonds. The Morgan fingerprint density at radius 2 is 1.83 bits per heavy atom. The maximum absolute atomic E-state index is 13.4. The second-order valence-electron chi connectivity index (χ2n) is 8.26. The smallest absolute Gasteiger partial charge is 0.338 e. The molecule has 0 spiro atoms. The predicted molar refractivity (Wildman–Crippen MR) is 126 cm³/mol. The number of hydrogen-bond acceptors (Lipinski definition) is 6. The number of esters is 1. The minimum absolute atomic E-state index is 0.203. The number of halogens is 1. The summed E-state index contributed by atoms with van der Waals surface area (Å²) >= 11 is 0. The summed E-state index contributed by atoms with van der Waals surface area (Å²) in [4.78, 5) is 37.9. The standard InChI is InChI=1S/C25H22FN5O4/c1-2-35-25(34)16-5-9-18(10-6-16)28-21(32)14-30-24(33)23-20(22(29-30)15-3-4-15)13-27-31(23)19-11-7-17(26)8-12-19/h5-13,15H,2-4,14H2,1H3,(H,28,32). The van der Waals surface area contributed by atoms with Gasteiger partial charge in [0.2, 0.25) is 5.91 Å². The number of carbonyl (C=O) groups excluding carboxylic acids is 2. The summed E-state index contributed by atoms with van der Waals surface area (Å²) < 4.78 is 21.0. The molecule has 35 heavy (non-hydrogen) atoms. The lowest BCUT2D eigenvalue weighted by Gasteiger charge is -2.11. The number of nitrogens with zero attached hydrogens (tertiary/aromatic N) is 4. The first-order chi connectivity index (χ1) is 16.9. The van der Waals surface area contributed by atoms with Crippen molar-refractivity contribution in [3.8, 4) is 5.69 Å². The van der Waals surface area contributed by atoms with Crippen LogP contribution in [-0.4, -0.2) is 38.0 Å². The third kappa shape index (κ3) is 4.54. The van der Waals surface area contributed by atoms with Crippen LogP contribution in [0.25, 0.3) is 16.6 Å². The van der Waals surface area contributed by atoms with Crippen molar-refractivity contribution in [2.45, 2.75) is 32.2 Å². The zero-order chi connectivity index (χ0) is 24.5. The first-order valence-corrected chi connectivity index (χ1v) is 11.3. The van der Waals surface area contributed by atoms with Gasteiger partial charge in [-0.1, -0.05) is 0 Å². The Kier molecular flexibility index (Phi) is 5.86. The van der Waals surface area contributed by atoms with Crippen molar-refractivity contribution in [3.05, 3.63) is 82.2 Å². The van der Waals surface area contributed by atoms with Crippen LogP contribution in [0.5, 0.6) is 0 Å². The highest BCUT2D eigenvalue weighted by Gasteiger charge is 2.30. The van der Waals surface area contributed by atoms with Gasteiger partial charge in [-0.25, -0.2) is 18.5 Å². The summed E-state index contributed by atoms with van der Waals surface area (Å²) in [6.45, 7) is 1.69. The van der Waals surface area contributed by atoms with E-state index >= 15 is 0 Å². The molecule has 1 aliphatic carbocycles. The molecular weight excluding hydrogens is 453 g/mol. The molecule has 9 nitrogen and oxygen atoms in total. The van der Waals surface area contributed by atoms with Crippen LogP contribution < -0.4 is 10.9 Å². The van der Waals surface area contributed by atoms with Crippen LogP contribution in [-0.2, 0) is 16.1 Å². The van der Waals surface area contributed by atoms with E-state index in [1.807, 2.05) is 0 Å². The van der Waals surface area contributed by atoms with Gasteiger partial charge in [0, 0.05) is 17.0 Å². The van der Waals surface area contributed by atoms with Crippen molar-refractivity contribution in [1.82, 2.24) is 19.6 Å². The Morgan fingerprint density at radius 1 is 1.11 bits per heavy atom. The average Bonchev–Trinajstić information content (AvgIpc) is 3.60. The molecule has 1 fully saturated rings. The van der Waals surface area contributed by atoms with Crippen LogP contribution in [0.15, 0.2) is 59.5 Å². The van der Waals surface area contributed by atoms with Gasteiger partial charge in [0.25, 0.3) is 5.56 Å². The van der Waals surface area contributed by atoms with Crippen LogP contribution in [0.2, 0.25) is 0 Å². The molecule has 1 saturated carbocycles. The molecule has 2 aromatic heterocycles. The van der Waals surface area contributed by atoms with E-state index in [2.05, 4.69) is 15.5 Å². The quantitative estimate of drug-likeness (QED) is 0.411. The monoisotopic (exact) mass is 475 g/mol. The maximum Gasteiger partial charge on any atom is 0.338 e. The van der Waals surface area contributed by atoms with Gasteiger partial charge in [-0.05, 0) is 68.3 Å². The lowest BCUT2D eigenvalue weighted by Crippen LogP contribution is -2.31. The van der Waals surface area contributed by atoms with Gasteiger partial charge in [0.15, 0.2) is 0 Å². The first kappa shape index (κ1) is 22.5. The molecule has 1 N–H and O–H groups in total. The summed E-state index contributed by atoms with van der Waals surface area (Å²) in [5.41, 5.74) is 1.91. The summed E-state index contributed by atoms with van der Waals surface area (Å²) in [5.74, 6) is -1.08. The number of hydrogen-bond donors (Lipinski definition) is 1. The fourth-order valence-corrected chi connectivity index (χ4v) is 3.88.